The van der Waals surface area contributed by atoms with Gasteiger partial charge >= 0.3 is 0 Å². The Morgan fingerprint density at radius 3 is 2.40 bits per heavy atom. The highest BCUT2D eigenvalue weighted by molar-refractivity contribution is 9.10. The third kappa shape index (κ3) is 5.17. The number of fused-ring (bicyclic) bond motifs is 2. The van der Waals surface area contributed by atoms with Crippen LogP contribution in [0.4, 0.5) is 17.1 Å². The molecule has 4 atom stereocenters. The molecule has 248 valence electrons. The van der Waals surface area contributed by atoms with E-state index in [-0.39, 0.29) is 29.9 Å². The number of hydrogen-bond donors (Lipinski definition) is 3. The zero-order valence-corrected chi connectivity index (χ0v) is 29.7. The number of aliphatic hydroxyl groups is 1. The van der Waals surface area contributed by atoms with Crippen molar-refractivity contribution < 1.29 is 24.2 Å². The van der Waals surface area contributed by atoms with E-state index in [1.165, 1.54) is 0 Å². The van der Waals surface area contributed by atoms with Gasteiger partial charge in [0, 0.05) is 39.5 Å². The molecule has 0 unspecified atom stereocenters. The van der Waals surface area contributed by atoms with Crippen LogP contribution < -0.4 is 20.0 Å². The number of aliphatic hydroxyl groups excluding tert-OH is 1. The summed E-state index contributed by atoms with van der Waals surface area (Å²) in [5.41, 5.74) is 2.20. The Morgan fingerprint density at radius 2 is 1.70 bits per heavy atom. The van der Waals surface area contributed by atoms with Crippen molar-refractivity contribution >= 4 is 53.1 Å². The maximum atomic E-state index is 14.7. The summed E-state index contributed by atoms with van der Waals surface area (Å²) in [6.07, 6.45) is 1.39. The molecule has 3 aromatic carbocycles. The van der Waals surface area contributed by atoms with E-state index in [0.717, 1.165) is 58.6 Å². The summed E-state index contributed by atoms with van der Waals surface area (Å²) in [6, 6.07) is 24.0. The lowest BCUT2D eigenvalue weighted by Gasteiger charge is -2.39. The second-order valence-corrected chi connectivity index (χ2v) is 18.9. The lowest BCUT2D eigenvalue weighted by atomic mass is 9.82. The first-order valence-corrected chi connectivity index (χ1v) is 20.4. The van der Waals surface area contributed by atoms with Gasteiger partial charge in [0.05, 0.1) is 25.0 Å². The van der Waals surface area contributed by atoms with Crippen LogP contribution >= 0.6 is 15.9 Å². The maximum Gasteiger partial charge on any atom is 0.264 e. The number of carbonyl (C=O) groups is 2. The fraction of sp³-hybridized carbons (Fsp3) is 0.444. The van der Waals surface area contributed by atoms with Crippen LogP contribution in [-0.2, 0) is 26.5 Å². The quantitative estimate of drug-likeness (QED) is 0.292. The van der Waals surface area contributed by atoms with Crippen molar-refractivity contribution in [2.75, 3.05) is 41.1 Å². The van der Waals surface area contributed by atoms with E-state index in [1.807, 2.05) is 85.6 Å². The molecule has 47 heavy (non-hydrogen) atoms. The highest BCUT2D eigenvalue weighted by Crippen LogP contribution is 2.60. The first-order chi connectivity index (χ1) is 22.5. The van der Waals surface area contributed by atoms with Crippen LogP contribution in [0.2, 0.25) is 18.6 Å². The van der Waals surface area contributed by atoms with Crippen LogP contribution in [0.15, 0.2) is 77.3 Å². The van der Waals surface area contributed by atoms with E-state index < -0.39 is 25.6 Å². The molecule has 2 spiro atoms. The van der Waals surface area contributed by atoms with E-state index >= 15 is 0 Å². The van der Waals surface area contributed by atoms with Crippen LogP contribution in [-0.4, -0.2) is 68.0 Å². The molecule has 0 radical (unpaired) electrons. The molecule has 9 nitrogen and oxygen atoms in total. The summed E-state index contributed by atoms with van der Waals surface area (Å²) in [4.78, 5) is 46.3. The van der Waals surface area contributed by atoms with Gasteiger partial charge in [0.15, 0.2) is 13.9 Å². The average molecular weight is 720 g/mol. The molecule has 11 heteroatoms. The predicted molar refractivity (Wildman–Crippen MR) is 189 cm³/mol. The molecular weight excluding hydrogens is 676 g/mol. The zero-order valence-electron chi connectivity index (χ0n) is 27.2. The molecule has 3 N–H and O–H groups in total. The fourth-order valence-corrected chi connectivity index (χ4v) is 11.7. The number of para-hydroxylation sites is 1. The molecule has 3 fully saturated rings. The fourth-order valence-electron chi connectivity index (χ4n) is 8.78. The average Bonchev–Trinajstić information content (AvgIpc) is 3.59. The summed E-state index contributed by atoms with van der Waals surface area (Å²) in [6.45, 7) is 8.02. The highest BCUT2D eigenvalue weighted by Gasteiger charge is 2.66. The van der Waals surface area contributed by atoms with E-state index in [9.17, 15) is 19.5 Å². The first kappa shape index (κ1) is 32.5. The molecule has 3 aromatic rings. The Hall–Kier alpha value is -3.06. The van der Waals surface area contributed by atoms with E-state index in [1.54, 1.807) is 4.90 Å². The van der Waals surface area contributed by atoms with E-state index in [0.29, 0.717) is 19.6 Å². The molecule has 0 aromatic heterocycles. The number of piperidine rings is 1. The number of hydrogen-bond acceptors (Lipinski definition) is 7. The summed E-state index contributed by atoms with van der Waals surface area (Å²) in [5, 5.41) is 13.3. The van der Waals surface area contributed by atoms with Gasteiger partial charge in [-0.3, -0.25) is 14.5 Å². The van der Waals surface area contributed by atoms with Crippen LogP contribution in [0, 0.1) is 5.92 Å². The molecule has 4 aliphatic rings. The van der Waals surface area contributed by atoms with Crippen LogP contribution in [0.25, 0.3) is 0 Å². The molecule has 2 amide bonds. The maximum absolute atomic E-state index is 14.7. The van der Waals surface area contributed by atoms with Crippen molar-refractivity contribution in [1.29, 1.82) is 0 Å². The Kier molecular flexibility index (Phi) is 8.38. The molecule has 0 aliphatic carbocycles. The molecule has 0 saturated carbocycles. The Balaban J connectivity index is 1.22. The number of anilines is 3. The smallest absolute Gasteiger partial charge is 0.264 e. The topological polar surface area (TPSA) is 106 Å². The van der Waals surface area contributed by atoms with Gasteiger partial charge in [0.1, 0.15) is 5.54 Å². The first-order valence-electron chi connectivity index (χ1n) is 16.6. The number of benzene rings is 3. The van der Waals surface area contributed by atoms with Crippen LogP contribution in [0.1, 0.15) is 37.3 Å². The number of rotatable bonds is 7. The third-order valence-electron chi connectivity index (χ3n) is 10.9. The minimum atomic E-state index is -2.78. The number of carbonyl (C=O) groups excluding carboxylic acids is 2. The largest absolute Gasteiger partial charge is 0.432 e. The van der Waals surface area contributed by atoms with Gasteiger partial charge in [-0.1, -0.05) is 53.2 Å². The van der Waals surface area contributed by atoms with Crippen molar-refractivity contribution in [3.05, 3.63) is 88.4 Å². The predicted octanol–water partition coefficient (Wildman–Crippen LogP) is 5.11. The SMILES string of the molecule is C[C@@H]1[C@@H]([Si](C)(C)O)[C@H](CCO)O[C@@]12C(=O)N(Cc1cccc(N3CN(c4ccccc4)C4(CCNCC4)C3=O)c1)c1ccc(Br)cc12. The monoisotopic (exact) mass is 718 g/mol. The van der Waals surface area contributed by atoms with Crippen LogP contribution in [0.3, 0.4) is 0 Å². The van der Waals surface area contributed by atoms with Gasteiger partial charge in [-0.05, 0) is 93.5 Å². The van der Waals surface area contributed by atoms with Gasteiger partial charge < -0.3 is 29.8 Å². The van der Waals surface area contributed by atoms with Crippen molar-refractivity contribution in [1.82, 2.24) is 5.32 Å². The van der Waals surface area contributed by atoms with Gasteiger partial charge in [-0.2, -0.15) is 0 Å². The lowest BCUT2D eigenvalue weighted by molar-refractivity contribution is -0.146. The van der Waals surface area contributed by atoms with E-state index in [2.05, 4.69) is 38.3 Å². The Bertz CT molecular complexity index is 1680. The summed E-state index contributed by atoms with van der Waals surface area (Å²) < 4.78 is 7.58. The molecule has 4 heterocycles. The number of nitrogens with one attached hydrogen (secondary N) is 1. The van der Waals surface area contributed by atoms with Crippen molar-refractivity contribution in [3.8, 4) is 0 Å². The van der Waals surface area contributed by atoms with Crippen molar-refractivity contribution in [2.24, 2.45) is 5.92 Å². The minimum absolute atomic E-state index is 0.0841. The number of halogens is 1. The summed E-state index contributed by atoms with van der Waals surface area (Å²) >= 11 is 3.62. The van der Waals surface area contributed by atoms with Crippen LogP contribution in [0.5, 0.6) is 0 Å². The number of amides is 2. The zero-order chi connectivity index (χ0) is 33.1. The lowest BCUT2D eigenvalue weighted by Crippen LogP contribution is -2.55. The Morgan fingerprint density at radius 1 is 0.979 bits per heavy atom. The minimum Gasteiger partial charge on any atom is -0.432 e. The standard InChI is InChI=1S/C36H43BrN4O5Si/c1-24-32(47(2,3)45)31(14-19-42)46-36(24)29-21-26(37)12-13-30(29)39(34(36)44)22-25-8-7-11-28(20-25)40-23-41(27-9-5-4-6-10-27)35(33(40)43)15-17-38-18-16-35/h4-13,20-21,24,31-32,38,42,45H,14-19,22-23H2,1-3H3/t24-,31+,32-,36+/m1/s1. The summed E-state index contributed by atoms with van der Waals surface area (Å²) in [7, 11) is -2.78. The Labute approximate surface area is 285 Å². The van der Waals surface area contributed by atoms with Gasteiger partial charge in [-0.15, -0.1) is 0 Å². The van der Waals surface area contributed by atoms with Gasteiger partial charge in [0.25, 0.3) is 11.8 Å². The van der Waals surface area contributed by atoms with Gasteiger partial charge in [-0.25, -0.2) is 0 Å². The van der Waals surface area contributed by atoms with Crippen molar-refractivity contribution in [3.63, 3.8) is 0 Å². The molecule has 3 saturated heterocycles. The molecule has 4 aliphatic heterocycles. The van der Waals surface area contributed by atoms with E-state index in [4.69, 9.17) is 4.74 Å². The number of ether oxygens (including phenoxy) is 1. The summed E-state index contributed by atoms with van der Waals surface area (Å²) in [5.74, 6) is -0.348. The number of nitrogens with zero attached hydrogens (tertiary/aromatic N) is 3. The van der Waals surface area contributed by atoms with Gasteiger partial charge in [0.2, 0.25) is 0 Å². The normalized spacial score (nSPS) is 27.0. The third-order valence-corrected chi connectivity index (χ3v) is 13.9. The second kappa shape index (κ2) is 12.1. The molecular formula is C36H43BrN4O5Si. The molecule has 7 rings (SSSR count). The highest BCUT2D eigenvalue weighted by atomic mass is 79.9. The molecule has 0 bridgehead atoms. The van der Waals surface area contributed by atoms with Crippen molar-refractivity contribution in [2.45, 2.75) is 68.6 Å². The second-order valence-electron chi connectivity index (χ2n) is 14.0.